The van der Waals surface area contributed by atoms with E-state index in [1.54, 1.807) is 0 Å². The molecule has 0 radical (unpaired) electrons. The van der Waals surface area contributed by atoms with E-state index < -0.39 is 9.84 Å². The van der Waals surface area contributed by atoms with Crippen molar-refractivity contribution in [3.8, 4) is 0 Å². The minimum absolute atomic E-state index is 0.0567. The van der Waals surface area contributed by atoms with Crippen molar-refractivity contribution in [3.63, 3.8) is 0 Å². The molecule has 0 saturated carbocycles. The molecular formula is C22H27N3O3S. The number of benzene rings is 1. The fourth-order valence-corrected chi connectivity index (χ4v) is 6.41. The summed E-state index contributed by atoms with van der Waals surface area (Å²) in [5.74, 6) is 1.38. The molecule has 2 aromatic heterocycles. The lowest BCUT2D eigenvalue weighted by Crippen LogP contribution is -2.17. The largest absolute Gasteiger partial charge is 0.349 e. The molecule has 1 saturated heterocycles. The molecule has 1 aliphatic heterocycles. The fourth-order valence-electron chi connectivity index (χ4n) is 4.55. The quantitative estimate of drug-likeness (QED) is 0.581. The van der Waals surface area contributed by atoms with E-state index in [0.717, 1.165) is 40.4 Å². The molecule has 0 unspecified atom stereocenters. The summed E-state index contributed by atoms with van der Waals surface area (Å²) in [7, 11) is -2.94. The Balaban J connectivity index is 1.68. The minimum atomic E-state index is -2.94. The molecule has 7 heteroatoms. The summed E-state index contributed by atoms with van der Waals surface area (Å²) in [6, 6.07) is 9.75. The first-order chi connectivity index (χ1) is 13.8. The normalized spacial score (nSPS) is 18.5. The van der Waals surface area contributed by atoms with E-state index in [1.807, 2.05) is 48.7 Å². The number of sulfone groups is 1. The van der Waals surface area contributed by atoms with Crippen LogP contribution in [0.3, 0.4) is 0 Å². The van der Waals surface area contributed by atoms with Gasteiger partial charge in [0.05, 0.1) is 29.1 Å². The maximum absolute atomic E-state index is 13.2. The molecule has 1 fully saturated rings. The first-order valence-corrected chi connectivity index (χ1v) is 12.0. The second-order valence-electron chi connectivity index (χ2n) is 8.03. The molecule has 1 atom stereocenters. The molecule has 0 bridgehead atoms. The summed E-state index contributed by atoms with van der Waals surface area (Å²) in [4.78, 5) is 17.9. The van der Waals surface area contributed by atoms with Gasteiger partial charge in [-0.3, -0.25) is 4.79 Å². The molecule has 0 aliphatic carbocycles. The molecule has 3 aromatic rings. The van der Waals surface area contributed by atoms with Gasteiger partial charge in [0, 0.05) is 29.9 Å². The highest BCUT2D eigenvalue weighted by atomic mass is 32.2. The number of imidazole rings is 1. The van der Waals surface area contributed by atoms with Crippen LogP contribution in [0.1, 0.15) is 40.9 Å². The Morgan fingerprint density at radius 3 is 2.62 bits per heavy atom. The van der Waals surface area contributed by atoms with Crippen LogP contribution in [0.25, 0.3) is 11.0 Å². The number of nitrogens with zero attached hydrogens (tertiary/aromatic N) is 3. The van der Waals surface area contributed by atoms with Crippen LogP contribution in [-0.4, -0.2) is 39.8 Å². The van der Waals surface area contributed by atoms with Gasteiger partial charge in [-0.15, -0.1) is 0 Å². The van der Waals surface area contributed by atoms with Gasteiger partial charge in [0.2, 0.25) is 0 Å². The Bertz CT molecular complexity index is 1190. The van der Waals surface area contributed by atoms with Crippen LogP contribution < -0.4 is 0 Å². The maximum Gasteiger partial charge on any atom is 0.184 e. The van der Waals surface area contributed by atoms with Crippen LogP contribution >= 0.6 is 0 Å². The SMILES string of the molecule is CCn1c(C)cc(C(=O)Cn2c(C[C@@H]3CCS(=O)(=O)C3)nc3ccccc32)c1C. The number of hydrogen-bond donors (Lipinski definition) is 0. The highest BCUT2D eigenvalue weighted by molar-refractivity contribution is 7.91. The predicted molar refractivity (Wildman–Crippen MR) is 114 cm³/mol. The molecule has 154 valence electrons. The summed E-state index contributed by atoms with van der Waals surface area (Å²) in [5, 5.41) is 0. The third kappa shape index (κ3) is 3.75. The molecule has 6 nitrogen and oxygen atoms in total. The summed E-state index contributed by atoms with van der Waals surface area (Å²) in [6.07, 6.45) is 1.24. The van der Waals surface area contributed by atoms with Crippen molar-refractivity contribution < 1.29 is 13.2 Å². The van der Waals surface area contributed by atoms with Gasteiger partial charge in [-0.25, -0.2) is 13.4 Å². The fraction of sp³-hybridized carbons (Fsp3) is 0.455. The zero-order valence-electron chi connectivity index (χ0n) is 17.2. The smallest absolute Gasteiger partial charge is 0.184 e. The molecule has 3 heterocycles. The maximum atomic E-state index is 13.2. The Morgan fingerprint density at radius 1 is 1.21 bits per heavy atom. The number of aromatic nitrogens is 3. The lowest BCUT2D eigenvalue weighted by atomic mass is 10.0. The zero-order valence-corrected chi connectivity index (χ0v) is 18.0. The standard InChI is InChI=1S/C22H27N3O3S/c1-4-24-15(2)11-18(16(24)3)21(26)13-25-20-8-6-5-7-19(20)23-22(25)12-17-9-10-29(27,28)14-17/h5-8,11,17H,4,9-10,12-14H2,1-3H3/t17-/m0/s1. The number of aryl methyl sites for hydroxylation is 1. The topological polar surface area (TPSA) is 74.0 Å². The monoisotopic (exact) mass is 413 g/mol. The predicted octanol–water partition coefficient (Wildman–Crippen LogP) is 3.33. The Morgan fingerprint density at radius 2 is 1.97 bits per heavy atom. The molecule has 0 spiro atoms. The van der Waals surface area contributed by atoms with Crippen molar-refractivity contribution in [1.82, 2.24) is 14.1 Å². The van der Waals surface area contributed by atoms with Crippen LogP contribution in [0.4, 0.5) is 0 Å². The Kier molecular flexibility index (Phi) is 5.11. The second-order valence-corrected chi connectivity index (χ2v) is 10.3. The van der Waals surface area contributed by atoms with Gasteiger partial charge >= 0.3 is 0 Å². The Hall–Kier alpha value is -2.41. The van der Waals surface area contributed by atoms with Crippen molar-refractivity contribution in [2.75, 3.05) is 11.5 Å². The van der Waals surface area contributed by atoms with Gasteiger partial charge < -0.3 is 9.13 Å². The number of rotatable bonds is 6. The molecule has 0 amide bonds. The molecule has 1 aromatic carbocycles. The van der Waals surface area contributed by atoms with Crippen LogP contribution in [-0.2, 0) is 29.3 Å². The lowest BCUT2D eigenvalue weighted by molar-refractivity contribution is 0.0971. The number of carbonyl (C=O) groups is 1. The van der Waals surface area contributed by atoms with Crippen molar-refractivity contribution in [1.29, 1.82) is 0 Å². The molecule has 4 rings (SSSR count). The third-order valence-electron chi connectivity index (χ3n) is 6.02. The average molecular weight is 414 g/mol. The number of Topliss-reactive ketones (excluding diaryl/α,β-unsaturated/α-hetero) is 1. The summed E-state index contributed by atoms with van der Waals surface area (Å²) >= 11 is 0. The summed E-state index contributed by atoms with van der Waals surface area (Å²) < 4.78 is 27.9. The van der Waals surface area contributed by atoms with Crippen LogP contribution in [0.15, 0.2) is 30.3 Å². The number of fused-ring (bicyclic) bond motifs is 1. The van der Waals surface area contributed by atoms with Crippen LogP contribution in [0, 0.1) is 19.8 Å². The summed E-state index contributed by atoms with van der Waals surface area (Å²) in [6.45, 7) is 7.13. The van der Waals surface area contributed by atoms with E-state index >= 15 is 0 Å². The van der Waals surface area contributed by atoms with Gasteiger partial charge in [0.1, 0.15) is 5.82 Å². The summed E-state index contributed by atoms with van der Waals surface area (Å²) in [5.41, 5.74) is 4.58. The van der Waals surface area contributed by atoms with Gasteiger partial charge in [-0.05, 0) is 51.3 Å². The molecule has 29 heavy (non-hydrogen) atoms. The number of carbonyl (C=O) groups excluding carboxylic acids is 1. The molecule has 0 N–H and O–H groups in total. The van der Waals surface area contributed by atoms with E-state index in [2.05, 4.69) is 11.5 Å². The van der Waals surface area contributed by atoms with Crippen molar-refractivity contribution >= 4 is 26.7 Å². The minimum Gasteiger partial charge on any atom is -0.349 e. The second kappa shape index (κ2) is 7.44. The van der Waals surface area contributed by atoms with Gasteiger partial charge in [-0.2, -0.15) is 0 Å². The Labute approximate surface area is 171 Å². The number of ketones is 1. The van der Waals surface area contributed by atoms with Crippen molar-refractivity contribution in [2.24, 2.45) is 5.92 Å². The van der Waals surface area contributed by atoms with E-state index in [-0.39, 0.29) is 29.8 Å². The zero-order chi connectivity index (χ0) is 20.8. The van der Waals surface area contributed by atoms with Crippen molar-refractivity contribution in [3.05, 3.63) is 53.1 Å². The van der Waals surface area contributed by atoms with Gasteiger partial charge in [0.15, 0.2) is 15.6 Å². The van der Waals surface area contributed by atoms with E-state index in [4.69, 9.17) is 4.98 Å². The molecular weight excluding hydrogens is 386 g/mol. The van der Waals surface area contributed by atoms with Gasteiger partial charge in [-0.1, -0.05) is 12.1 Å². The average Bonchev–Trinajstić information content (AvgIpc) is 3.29. The van der Waals surface area contributed by atoms with Crippen LogP contribution in [0.2, 0.25) is 0 Å². The van der Waals surface area contributed by atoms with E-state index in [0.29, 0.717) is 12.8 Å². The lowest BCUT2D eigenvalue weighted by Gasteiger charge is -2.12. The number of para-hydroxylation sites is 2. The first-order valence-electron chi connectivity index (χ1n) is 10.1. The molecule has 1 aliphatic rings. The van der Waals surface area contributed by atoms with E-state index in [9.17, 15) is 13.2 Å². The van der Waals surface area contributed by atoms with E-state index in [1.165, 1.54) is 0 Å². The van der Waals surface area contributed by atoms with Crippen LogP contribution in [0.5, 0.6) is 0 Å². The third-order valence-corrected chi connectivity index (χ3v) is 7.86. The highest BCUT2D eigenvalue weighted by Gasteiger charge is 2.29. The highest BCUT2D eigenvalue weighted by Crippen LogP contribution is 2.26. The van der Waals surface area contributed by atoms with Gasteiger partial charge in [0.25, 0.3) is 0 Å². The number of hydrogen-bond acceptors (Lipinski definition) is 4. The van der Waals surface area contributed by atoms with Crippen molar-refractivity contribution in [2.45, 2.75) is 46.7 Å². The first kappa shape index (κ1) is 19.9.